The molecule has 0 radical (unpaired) electrons. The Kier molecular flexibility index (Phi) is 5.04. The lowest BCUT2D eigenvalue weighted by Gasteiger charge is -2.12. The summed E-state index contributed by atoms with van der Waals surface area (Å²) in [5.74, 6) is 0.940. The van der Waals surface area contributed by atoms with Crippen LogP contribution in [0.25, 0.3) is 11.1 Å². The quantitative estimate of drug-likeness (QED) is 0.685. The highest BCUT2D eigenvalue weighted by Gasteiger charge is 2.08. The van der Waals surface area contributed by atoms with Crippen molar-refractivity contribution in [1.82, 2.24) is 10.4 Å². The van der Waals surface area contributed by atoms with Crippen LogP contribution in [-0.2, 0) is 4.79 Å². The molecule has 2 N–H and O–H groups in total. The van der Waals surface area contributed by atoms with Gasteiger partial charge < -0.3 is 4.74 Å². The van der Waals surface area contributed by atoms with Gasteiger partial charge in [-0.1, -0.05) is 54.6 Å². The molecule has 0 aliphatic carbocycles. The number of pyridine rings is 1. The Hall–Kier alpha value is -3.34. The molecule has 0 unspecified atom stereocenters. The average Bonchev–Trinajstić information content (AvgIpc) is 2.66. The Labute approximate surface area is 140 Å². The summed E-state index contributed by atoms with van der Waals surface area (Å²) in [6.45, 7) is -0.0936. The Morgan fingerprint density at radius 2 is 1.67 bits per heavy atom. The smallest absolute Gasteiger partial charge is 0.276 e. The minimum atomic E-state index is -0.288. The number of rotatable bonds is 6. The third kappa shape index (κ3) is 4.10. The number of nitrogens with one attached hydrogen (secondary N) is 2. The number of carbonyl (C=O) groups is 1. The lowest BCUT2D eigenvalue weighted by molar-refractivity contribution is -0.122. The summed E-state index contributed by atoms with van der Waals surface area (Å²) >= 11 is 0. The van der Waals surface area contributed by atoms with E-state index in [0.717, 1.165) is 11.1 Å². The highest BCUT2D eigenvalue weighted by molar-refractivity contribution is 5.79. The summed E-state index contributed by atoms with van der Waals surface area (Å²) < 4.78 is 5.67. The monoisotopic (exact) mass is 319 g/mol. The summed E-state index contributed by atoms with van der Waals surface area (Å²) in [5.41, 5.74) is 7.28. The molecule has 3 aromatic rings. The van der Waals surface area contributed by atoms with Gasteiger partial charge in [0.05, 0.1) is 0 Å². The first-order valence-corrected chi connectivity index (χ1v) is 7.56. The maximum atomic E-state index is 11.9. The standard InChI is InChI=1S/C19H17N3O2/c23-19(22-21-18-12-6-7-13-20-18)14-24-17-11-5-4-10-16(17)15-8-2-1-3-9-15/h1-13H,14H2,(H,20,21)(H,22,23). The van der Waals surface area contributed by atoms with Gasteiger partial charge in [-0.3, -0.25) is 15.6 Å². The number of hydrogen-bond donors (Lipinski definition) is 2. The highest BCUT2D eigenvalue weighted by atomic mass is 16.5. The Balaban J connectivity index is 1.60. The predicted molar refractivity (Wildman–Crippen MR) is 93.4 cm³/mol. The van der Waals surface area contributed by atoms with Crippen molar-refractivity contribution in [3.05, 3.63) is 79.0 Å². The maximum Gasteiger partial charge on any atom is 0.276 e. The zero-order valence-electron chi connectivity index (χ0n) is 13.0. The van der Waals surface area contributed by atoms with E-state index in [9.17, 15) is 4.79 Å². The average molecular weight is 319 g/mol. The number of aromatic nitrogens is 1. The van der Waals surface area contributed by atoms with Gasteiger partial charge in [0, 0.05) is 11.8 Å². The molecule has 1 heterocycles. The molecule has 24 heavy (non-hydrogen) atoms. The van der Waals surface area contributed by atoms with Crippen LogP contribution in [0.5, 0.6) is 5.75 Å². The molecule has 2 aromatic carbocycles. The van der Waals surface area contributed by atoms with Gasteiger partial charge >= 0.3 is 0 Å². The van der Waals surface area contributed by atoms with Gasteiger partial charge in [0.15, 0.2) is 6.61 Å². The number of nitrogens with zero attached hydrogens (tertiary/aromatic N) is 1. The number of para-hydroxylation sites is 1. The van der Waals surface area contributed by atoms with Gasteiger partial charge in [-0.25, -0.2) is 4.98 Å². The zero-order chi connectivity index (χ0) is 16.6. The normalized spacial score (nSPS) is 10.0. The van der Waals surface area contributed by atoms with Crippen molar-refractivity contribution in [3.8, 4) is 16.9 Å². The van der Waals surface area contributed by atoms with E-state index >= 15 is 0 Å². The van der Waals surface area contributed by atoms with Crippen LogP contribution in [0.1, 0.15) is 0 Å². The fourth-order valence-corrected chi connectivity index (χ4v) is 2.20. The molecule has 1 amide bonds. The maximum absolute atomic E-state index is 11.9. The molecule has 0 atom stereocenters. The first kappa shape index (κ1) is 15.6. The van der Waals surface area contributed by atoms with E-state index in [1.807, 2.05) is 60.7 Å². The van der Waals surface area contributed by atoms with Crippen molar-refractivity contribution >= 4 is 11.7 Å². The van der Waals surface area contributed by atoms with Gasteiger partial charge in [-0.2, -0.15) is 0 Å². The number of amides is 1. The lowest BCUT2D eigenvalue weighted by Crippen LogP contribution is -2.33. The first-order valence-electron chi connectivity index (χ1n) is 7.56. The van der Waals surface area contributed by atoms with Gasteiger partial charge in [-0.05, 0) is 23.8 Å². The lowest BCUT2D eigenvalue weighted by atomic mass is 10.1. The molecule has 5 heteroatoms. The van der Waals surface area contributed by atoms with E-state index in [1.165, 1.54) is 0 Å². The second-order valence-corrected chi connectivity index (χ2v) is 5.04. The molecule has 0 spiro atoms. The fraction of sp³-hybridized carbons (Fsp3) is 0.0526. The summed E-state index contributed by atoms with van der Waals surface area (Å²) in [6, 6.07) is 22.9. The molecular formula is C19H17N3O2. The van der Waals surface area contributed by atoms with Crippen LogP contribution in [0.3, 0.4) is 0 Å². The number of carbonyl (C=O) groups excluding carboxylic acids is 1. The second kappa shape index (κ2) is 7.78. The number of anilines is 1. The molecule has 0 saturated carbocycles. The molecule has 5 nitrogen and oxygen atoms in total. The number of hydrogen-bond acceptors (Lipinski definition) is 4. The molecule has 0 aliphatic rings. The molecular weight excluding hydrogens is 302 g/mol. The van der Waals surface area contributed by atoms with Crippen LogP contribution in [0, 0.1) is 0 Å². The van der Waals surface area contributed by atoms with Crippen LogP contribution in [0.15, 0.2) is 79.0 Å². The van der Waals surface area contributed by atoms with Crippen molar-refractivity contribution in [1.29, 1.82) is 0 Å². The molecule has 120 valence electrons. The fourth-order valence-electron chi connectivity index (χ4n) is 2.20. The number of hydrazine groups is 1. The van der Waals surface area contributed by atoms with Gasteiger partial charge in [0.1, 0.15) is 11.6 Å². The molecule has 0 saturated heterocycles. The van der Waals surface area contributed by atoms with E-state index in [2.05, 4.69) is 15.8 Å². The third-order valence-electron chi connectivity index (χ3n) is 3.33. The van der Waals surface area contributed by atoms with Gasteiger partial charge in [-0.15, -0.1) is 0 Å². The van der Waals surface area contributed by atoms with E-state index < -0.39 is 0 Å². The summed E-state index contributed by atoms with van der Waals surface area (Å²) in [4.78, 5) is 16.0. The molecule has 0 fully saturated rings. The van der Waals surface area contributed by atoms with Crippen molar-refractivity contribution in [2.75, 3.05) is 12.0 Å². The van der Waals surface area contributed by atoms with Crippen molar-refractivity contribution in [3.63, 3.8) is 0 Å². The Bertz CT molecular complexity index is 792. The third-order valence-corrected chi connectivity index (χ3v) is 3.33. The summed E-state index contributed by atoms with van der Waals surface area (Å²) in [5, 5.41) is 0. The van der Waals surface area contributed by atoms with E-state index in [1.54, 1.807) is 18.3 Å². The van der Waals surface area contributed by atoms with Crippen molar-refractivity contribution < 1.29 is 9.53 Å². The molecule has 0 bridgehead atoms. The minimum Gasteiger partial charge on any atom is -0.483 e. The molecule has 0 aliphatic heterocycles. The number of ether oxygens (including phenoxy) is 1. The Morgan fingerprint density at radius 1 is 0.917 bits per heavy atom. The van der Waals surface area contributed by atoms with Crippen molar-refractivity contribution in [2.45, 2.75) is 0 Å². The highest BCUT2D eigenvalue weighted by Crippen LogP contribution is 2.29. The molecule has 3 rings (SSSR count). The largest absolute Gasteiger partial charge is 0.483 e. The number of benzene rings is 2. The van der Waals surface area contributed by atoms with E-state index in [0.29, 0.717) is 11.6 Å². The summed E-state index contributed by atoms with van der Waals surface area (Å²) in [6.07, 6.45) is 1.64. The van der Waals surface area contributed by atoms with Crippen LogP contribution in [-0.4, -0.2) is 17.5 Å². The van der Waals surface area contributed by atoms with Gasteiger partial charge in [0.2, 0.25) is 0 Å². The topological polar surface area (TPSA) is 63.2 Å². The van der Waals surface area contributed by atoms with Gasteiger partial charge in [0.25, 0.3) is 5.91 Å². The first-order chi connectivity index (χ1) is 11.8. The second-order valence-electron chi connectivity index (χ2n) is 5.04. The minimum absolute atomic E-state index is 0.0936. The van der Waals surface area contributed by atoms with Crippen LogP contribution >= 0.6 is 0 Å². The SMILES string of the molecule is O=C(COc1ccccc1-c1ccccc1)NNc1ccccn1. The van der Waals surface area contributed by atoms with Crippen LogP contribution < -0.4 is 15.6 Å². The summed E-state index contributed by atoms with van der Waals surface area (Å²) in [7, 11) is 0. The predicted octanol–water partition coefficient (Wildman–Crippen LogP) is 3.27. The van der Waals surface area contributed by atoms with Crippen molar-refractivity contribution in [2.24, 2.45) is 0 Å². The van der Waals surface area contributed by atoms with Crippen LogP contribution in [0.2, 0.25) is 0 Å². The van der Waals surface area contributed by atoms with Crippen LogP contribution in [0.4, 0.5) is 5.82 Å². The van der Waals surface area contributed by atoms with E-state index in [4.69, 9.17) is 4.74 Å². The molecule has 1 aromatic heterocycles. The Morgan fingerprint density at radius 3 is 2.46 bits per heavy atom. The zero-order valence-corrected chi connectivity index (χ0v) is 13.0. The van der Waals surface area contributed by atoms with E-state index in [-0.39, 0.29) is 12.5 Å².